The van der Waals surface area contributed by atoms with E-state index in [4.69, 9.17) is 0 Å². The van der Waals surface area contributed by atoms with Crippen LogP contribution in [0.5, 0.6) is 0 Å². The van der Waals surface area contributed by atoms with E-state index in [-0.39, 0.29) is 76.8 Å². The molecule has 0 aromatic rings. The second-order valence-electron chi connectivity index (χ2n) is 2.16. The third kappa shape index (κ3) is 24.8. The fourth-order valence-electron chi connectivity index (χ4n) is 0.979. The van der Waals surface area contributed by atoms with Crippen LogP contribution in [0.1, 0.15) is 25.7 Å². The molecule has 0 aromatic carbocycles. The first-order chi connectivity index (χ1) is 3.50. The van der Waals surface area contributed by atoms with Gasteiger partial charge in [0.1, 0.15) is 0 Å². The largest absolute Gasteiger partial charge is 4.00 e. The molecule has 0 atom stereocenters. The van der Waals surface area contributed by atoms with Gasteiger partial charge in [0.25, 0.3) is 0 Å². The minimum absolute atomic E-state index is 0. The summed E-state index contributed by atoms with van der Waals surface area (Å²) in [5.41, 5.74) is 0. The molecule has 0 amide bonds. The van der Waals surface area contributed by atoms with Crippen LogP contribution >= 0.6 is 0 Å². The van der Waals surface area contributed by atoms with Crippen LogP contribution in [0, 0.1) is 0 Å². The quantitative estimate of drug-likeness (QED) is 0.383. The Balaban J connectivity index is -0.0000000204. The fourth-order valence-corrected chi connectivity index (χ4v) is 0.979. The van der Waals surface area contributed by atoms with E-state index in [2.05, 4.69) is 5.32 Å². The Bertz CT molecular complexity index is 42.2. The zero-order chi connectivity index (χ0) is 4.95. The van der Waals surface area contributed by atoms with E-state index >= 15 is 0 Å². The first kappa shape index (κ1) is 36.4. The van der Waals surface area contributed by atoms with Crippen LogP contribution in [0.4, 0.5) is 0 Å². The Morgan fingerprint density at radius 3 is 1.23 bits per heavy atom. The van der Waals surface area contributed by atoms with Crippen LogP contribution in [0.3, 0.4) is 0 Å². The van der Waals surface area contributed by atoms with Gasteiger partial charge in [0.2, 0.25) is 0 Å². The van der Waals surface area contributed by atoms with Crippen LogP contribution in [0.2, 0.25) is 0 Å². The first-order valence-electron chi connectivity index (χ1n) is 3.21. The van der Waals surface area contributed by atoms with Crippen molar-refractivity contribution in [2.45, 2.75) is 25.7 Å². The van der Waals surface area contributed by atoms with Gasteiger partial charge in [-0.25, -0.2) is 0 Å². The minimum atomic E-state index is 0. The summed E-state index contributed by atoms with van der Waals surface area (Å²) < 4.78 is 0. The molecule has 0 bridgehead atoms. The third-order valence-corrected chi connectivity index (χ3v) is 1.46. The van der Waals surface area contributed by atoms with Crippen molar-refractivity contribution in [3.05, 3.63) is 0 Å². The molecule has 4 N–H and O–H groups in total. The Morgan fingerprint density at radius 1 is 0.615 bits per heavy atom. The van der Waals surface area contributed by atoms with E-state index in [0.29, 0.717) is 0 Å². The maximum absolute atomic E-state index is 3.35. The van der Waals surface area contributed by atoms with E-state index in [0.717, 1.165) is 0 Å². The average molecular weight is 453 g/mol. The van der Waals surface area contributed by atoms with Gasteiger partial charge in [-0.1, -0.05) is 12.8 Å². The molecular weight excluding hydrogens is 437 g/mol. The Morgan fingerprint density at radius 2 is 0.923 bits per heavy atom. The second-order valence-corrected chi connectivity index (χ2v) is 2.16. The van der Waals surface area contributed by atoms with Crippen LogP contribution < -0.4 is 61.1 Å². The summed E-state index contributed by atoms with van der Waals surface area (Å²) in [5.74, 6) is 0. The predicted molar refractivity (Wildman–Crippen MR) is 36.4 cm³/mol. The summed E-state index contributed by atoms with van der Waals surface area (Å²) >= 11 is 0. The van der Waals surface area contributed by atoms with Gasteiger partial charge >= 0.3 is 21.1 Å². The van der Waals surface area contributed by atoms with Gasteiger partial charge in [0.05, 0.1) is 0 Å². The summed E-state index contributed by atoms with van der Waals surface area (Å²) in [6, 6.07) is 0. The van der Waals surface area contributed by atoms with Gasteiger partial charge in [-0.15, -0.1) is 0 Å². The summed E-state index contributed by atoms with van der Waals surface area (Å²) in [6.07, 6.45) is 5.65. The molecule has 2 nitrogen and oxygen atoms in total. The number of nitrogens with one attached hydrogen (secondary N) is 1. The topological polar surface area (TPSA) is 47.0 Å². The molecular formula is C6H16Cl4N2Pt. The Kier molecular flexibility index (Phi) is 81.8. The monoisotopic (exact) mass is 451 g/mol. The molecule has 0 aliphatic carbocycles. The maximum Gasteiger partial charge on any atom is 4.00 e. The van der Waals surface area contributed by atoms with Gasteiger partial charge < -0.3 is 61.1 Å². The molecule has 1 aliphatic heterocycles. The standard InChI is InChI=1S/C6H13N.4ClH.H3N.Pt/c1-2-4-6-7-5-3-1;;;;;;/h7H,1-6H2;4*1H;1H3;/q;;;;;;+4/p-4. The smallest absolute Gasteiger partial charge is 1.00 e. The van der Waals surface area contributed by atoms with Crippen LogP contribution in [-0.4, -0.2) is 13.1 Å². The molecule has 0 aromatic heterocycles. The van der Waals surface area contributed by atoms with Crippen molar-refractivity contribution in [3.8, 4) is 0 Å². The molecule has 1 aliphatic rings. The zero-order valence-corrected chi connectivity index (χ0v) is 12.6. The first-order valence-corrected chi connectivity index (χ1v) is 3.21. The van der Waals surface area contributed by atoms with E-state index in [1.807, 2.05) is 0 Å². The van der Waals surface area contributed by atoms with Gasteiger partial charge in [0, 0.05) is 0 Å². The second kappa shape index (κ2) is 29.2. The van der Waals surface area contributed by atoms with Crippen molar-refractivity contribution in [2.75, 3.05) is 13.1 Å². The zero-order valence-electron chi connectivity index (χ0n) is 7.28. The fraction of sp³-hybridized carbons (Fsp3) is 1.00. The summed E-state index contributed by atoms with van der Waals surface area (Å²) in [5, 5.41) is 3.35. The summed E-state index contributed by atoms with van der Waals surface area (Å²) in [7, 11) is 0. The SMILES string of the molecule is C1CCCNCC1.N.[Cl-].[Cl-].[Cl-].[Cl-].[Pt+4]. The molecule has 88 valence electrons. The molecule has 13 heavy (non-hydrogen) atoms. The average Bonchev–Trinajstić information content (AvgIpc) is 1.90. The molecule has 0 radical (unpaired) electrons. The van der Waals surface area contributed by atoms with E-state index in [1.54, 1.807) is 0 Å². The molecule has 0 spiro atoms. The molecule has 1 fully saturated rings. The summed E-state index contributed by atoms with van der Waals surface area (Å²) in [4.78, 5) is 0. The van der Waals surface area contributed by atoms with Gasteiger partial charge in [-0.2, -0.15) is 0 Å². The molecule has 7 heteroatoms. The van der Waals surface area contributed by atoms with Gasteiger partial charge in [-0.3, -0.25) is 0 Å². The van der Waals surface area contributed by atoms with Crippen molar-refractivity contribution in [2.24, 2.45) is 0 Å². The molecule has 1 rings (SSSR count). The van der Waals surface area contributed by atoms with Crippen LogP contribution in [-0.2, 0) is 21.1 Å². The van der Waals surface area contributed by atoms with Crippen LogP contribution in [0.25, 0.3) is 0 Å². The van der Waals surface area contributed by atoms with Crippen molar-refractivity contribution in [3.63, 3.8) is 0 Å². The predicted octanol–water partition coefficient (Wildman–Crippen LogP) is -10.7. The number of hydrogen-bond acceptors (Lipinski definition) is 2. The van der Waals surface area contributed by atoms with Crippen LogP contribution in [0.15, 0.2) is 0 Å². The van der Waals surface area contributed by atoms with Crippen molar-refractivity contribution in [1.82, 2.24) is 11.5 Å². The number of hydrogen-bond donors (Lipinski definition) is 2. The van der Waals surface area contributed by atoms with Gasteiger partial charge in [-0.05, 0) is 25.9 Å². The summed E-state index contributed by atoms with van der Waals surface area (Å²) in [6.45, 7) is 2.50. The van der Waals surface area contributed by atoms with E-state index < -0.39 is 0 Å². The number of halogens is 4. The third-order valence-electron chi connectivity index (χ3n) is 1.46. The molecule has 0 unspecified atom stereocenters. The Labute approximate surface area is 120 Å². The molecule has 1 saturated heterocycles. The maximum atomic E-state index is 3.35. The minimum Gasteiger partial charge on any atom is -1.00 e. The molecule has 1 heterocycles. The van der Waals surface area contributed by atoms with Crippen molar-refractivity contribution in [1.29, 1.82) is 0 Å². The van der Waals surface area contributed by atoms with E-state index in [1.165, 1.54) is 38.8 Å². The van der Waals surface area contributed by atoms with Crippen molar-refractivity contribution >= 4 is 0 Å². The van der Waals surface area contributed by atoms with E-state index in [9.17, 15) is 0 Å². The molecule has 0 saturated carbocycles. The number of rotatable bonds is 0. The van der Waals surface area contributed by atoms with Crippen molar-refractivity contribution < 1.29 is 70.7 Å². The Hall–Kier alpha value is 1.77. The van der Waals surface area contributed by atoms with Gasteiger partial charge in [0.15, 0.2) is 0 Å². The normalized spacial score (nSPS) is 12.9.